The molecule has 1 aromatic heterocycles. The smallest absolute Gasteiger partial charge is 0.243 e. The van der Waals surface area contributed by atoms with Crippen LogP contribution in [0.1, 0.15) is 25.3 Å². The molecule has 7 nitrogen and oxygen atoms in total. The van der Waals surface area contributed by atoms with Gasteiger partial charge in [0.15, 0.2) is 0 Å². The second-order valence-electron chi connectivity index (χ2n) is 5.63. The van der Waals surface area contributed by atoms with Gasteiger partial charge in [-0.3, -0.25) is 4.79 Å². The molecule has 2 aromatic rings. The van der Waals surface area contributed by atoms with Crippen LogP contribution in [-0.2, 0) is 22.5 Å². The number of rotatable bonds is 6. The van der Waals surface area contributed by atoms with Gasteiger partial charge in [-0.2, -0.15) is 4.80 Å². The molecule has 7 heteroatoms. The van der Waals surface area contributed by atoms with E-state index in [2.05, 4.69) is 27.7 Å². The van der Waals surface area contributed by atoms with Gasteiger partial charge in [-0.1, -0.05) is 31.2 Å². The van der Waals surface area contributed by atoms with Gasteiger partial charge >= 0.3 is 0 Å². The first-order chi connectivity index (χ1) is 11.2. The molecule has 1 N–H and O–H groups in total. The maximum Gasteiger partial charge on any atom is 0.243 e. The lowest BCUT2D eigenvalue weighted by molar-refractivity contribution is -0.122. The summed E-state index contributed by atoms with van der Waals surface area (Å²) < 4.78 is 5.47. The van der Waals surface area contributed by atoms with E-state index in [0.717, 1.165) is 31.4 Å². The zero-order chi connectivity index (χ0) is 16.1. The minimum Gasteiger partial charge on any atom is -0.376 e. The van der Waals surface area contributed by atoms with E-state index < -0.39 is 0 Å². The average molecular weight is 315 g/mol. The summed E-state index contributed by atoms with van der Waals surface area (Å²) in [7, 11) is 0. The molecule has 23 heavy (non-hydrogen) atoms. The van der Waals surface area contributed by atoms with Crippen molar-refractivity contribution in [1.29, 1.82) is 0 Å². The Morgan fingerprint density at radius 3 is 2.91 bits per heavy atom. The quantitative estimate of drug-likeness (QED) is 0.866. The van der Waals surface area contributed by atoms with E-state index in [1.165, 1.54) is 10.4 Å². The van der Waals surface area contributed by atoms with Gasteiger partial charge in [0.1, 0.15) is 6.54 Å². The van der Waals surface area contributed by atoms with Crippen molar-refractivity contribution in [2.24, 2.45) is 0 Å². The van der Waals surface area contributed by atoms with Crippen molar-refractivity contribution in [1.82, 2.24) is 25.5 Å². The normalized spacial score (nSPS) is 17.3. The van der Waals surface area contributed by atoms with Crippen LogP contribution in [0, 0.1) is 0 Å². The van der Waals surface area contributed by atoms with Crippen LogP contribution in [0.3, 0.4) is 0 Å². The number of hydrogen-bond donors (Lipinski definition) is 1. The molecule has 1 aromatic carbocycles. The van der Waals surface area contributed by atoms with Gasteiger partial charge in [-0.05, 0) is 30.0 Å². The number of nitrogens with one attached hydrogen (secondary N) is 1. The molecule has 1 amide bonds. The van der Waals surface area contributed by atoms with Gasteiger partial charge in [-0.25, -0.2) is 0 Å². The van der Waals surface area contributed by atoms with Crippen LogP contribution in [0.25, 0.3) is 11.4 Å². The molecule has 1 fully saturated rings. The molecule has 0 aliphatic carbocycles. The molecule has 0 bridgehead atoms. The van der Waals surface area contributed by atoms with Crippen LogP contribution >= 0.6 is 0 Å². The highest BCUT2D eigenvalue weighted by atomic mass is 16.5. The maximum atomic E-state index is 11.9. The molecular weight excluding hydrogens is 294 g/mol. The number of aryl methyl sites for hydroxylation is 1. The zero-order valence-corrected chi connectivity index (χ0v) is 13.2. The summed E-state index contributed by atoms with van der Waals surface area (Å²) in [6.45, 7) is 3.50. The third kappa shape index (κ3) is 4.13. The molecule has 1 atom stereocenters. The zero-order valence-electron chi connectivity index (χ0n) is 13.2. The second kappa shape index (κ2) is 7.32. The Kier molecular flexibility index (Phi) is 4.97. The minimum atomic E-state index is -0.134. The lowest BCUT2D eigenvalue weighted by atomic mass is 10.1. The van der Waals surface area contributed by atoms with E-state index in [1.807, 2.05) is 24.3 Å². The van der Waals surface area contributed by atoms with E-state index >= 15 is 0 Å². The molecule has 0 radical (unpaired) electrons. The fourth-order valence-electron chi connectivity index (χ4n) is 2.53. The highest BCUT2D eigenvalue weighted by molar-refractivity contribution is 5.75. The largest absolute Gasteiger partial charge is 0.376 e. The summed E-state index contributed by atoms with van der Waals surface area (Å²) in [6, 6.07) is 8.03. The van der Waals surface area contributed by atoms with Crippen LogP contribution in [0.15, 0.2) is 24.3 Å². The Bertz CT molecular complexity index is 647. The molecule has 3 rings (SSSR count). The highest BCUT2D eigenvalue weighted by Gasteiger charge is 2.16. The van der Waals surface area contributed by atoms with Crippen molar-refractivity contribution in [3.05, 3.63) is 29.8 Å². The van der Waals surface area contributed by atoms with Crippen molar-refractivity contribution in [3.8, 4) is 11.4 Å². The monoisotopic (exact) mass is 315 g/mol. The van der Waals surface area contributed by atoms with Crippen molar-refractivity contribution in [2.45, 2.75) is 38.8 Å². The molecule has 0 spiro atoms. The van der Waals surface area contributed by atoms with Gasteiger partial charge in [0.2, 0.25) is 11.7 Å². The van der Waals surface area contributed by atoms with Crippen molar-refractivity contribution < 1.29 is 9.53 Å². The van der Waals surface area contributed by atoms with Gasteiger partial charge in [0.25, 0.3) is 0 Å². The summed E-state index contributed by atoms with van der Waals surface area (Å²) in [5.74, 6) is 0.394. The Balaban J connectivity index is 1.54. The van der Waals surface area contributed by atoms with Crippen molar-refractivity contribution in [3.63, 3.8) is 0 Å². The number of carbonyl (C=O) groups is 1. The van der Waals surface area contributed by atoms with Crippen molar-refractivity contribution in [2.75, 3.05) is 13.2 Å². The number of ether oxygens (including phenoxy) is 1. The van der Waals surface area contributed by atoms with E-state index in [0.29, 0.717) is 12.4 Å². The van der Waals surface area contributed by atoms with Crippen LogP contribution in [0.5, 0.6) is 0 Å². The molecule has 1 unspecified atom stereocenters. The number of aromatic nitrogens is 4. The molecule has 2 heterocycles. The summed E-state index contributed by atoms with van der Waals surface area (Å²) >= 11 is 0. The lowest BCUT2D eigenvalue weighted by Crippen LogP contribution is -2.34. The standard InChI is InChI=1S/C16H21N5O2/c1-2-12-5-7-13(8-6-12)16-18-20-21(19-16)11-15(22)17-10-14-4-3-9-23-14/h5-8,14H,2-4,9-11H2,1H3,(H,17,22). The third-order valence-electron chi connectivity index (χ3n) is 3.91. The van der Waals surface area contributed by atoms with E-state index in [9.17, 15) is 4.79 Å². The number of nitrogens with zero attached hydrogens (tertiary/aromatic N) is 4. The Hall–Kier alpha value is -2.28. The van der Waals surface area contributed by atoms with Gasteiger partial charge < -0.3 is 10.1 Å². The SMILES string of the molecule is CCc1ccc(-c2nnn(CC(=O)NCC3CCCO3)n2)cc1. The van der Waals surface area contributed by atoms with Crippen LogP contribution in [-0.4, -0.2) is 45.4 Å². The summed E-state index contributed by atoms with van der Waals surface area (Å²) in [4.78, 5) is 13.2. The fourth-order valence-corrected chi connectivity index (χ4v) is 2.53. The third-order valence-corrected chi connectivity index (χ3v) is 3.91. The van der Waals surface area contributed by atoms with Crippen LogP contribution in [0.4, 0.5) is 0 Å². The molecule has 1 saturated heterocycles. The molecular formula is C16H21N5O2. The van der Waals surface area contributed by atoms with E-state index in [-0.39, 0.29) is 18.6 Å². The fraction of sp³-hybridized carbons (Fsp3) is 0.500. The van der Waals surface area contributed by atoms with Crippen LogP contribution < -0.4 is 5.32 Å². The topological polar surface area (TPSA) is 81.9 Å². The van der Waals surface area contributed by atoms with Gasteiger partial charge in [0, 0.05) is 18.7 Å². The second-order valence-corrected chi connectivity index (χ2v) is 5.63. The summed E-state index contributed by atoms with van der Waals surface area (Å²) in [6.07, 6.45) is 3.19. The molecule has 0 saturated carbocycles. The maximum absolute atomic E-state index is 11.9. The molecule has 122 valence electrons. The molecule has 1 aliphatic rings. The Morgan fingerprint density at radius 2 is 2.22 bits per heavy atom. The first-order valence-electron chi connectivity index (χ1n) is 8.00. The van der Waals surface area contributed by atoms with Gasteiger partial charge in [0.05, 0.1) is 6.10 Å². The first kappa shape index (κ1) is 15.6. The first-order valence-corrected chi connectivity index (χ1v) is 8.00. The Morgan fingerprint density at radius 1 is 1.39 bits per heavy atom. The molecule has 1 aliphatic heterocycles. The summed E-state index contributed by atoms with van der Waals surface area (Å²) in [5.41, 5.74) is 2.16. The summed E-state index contributed by atoms with van der Waals surface area (Å²) in [5, 5.41) is 15.1. The lowest BCUT2D eigenvalue weighted by Gasteiger charge is -2.10. The predicted molar refractivity (Wildman–Crippen MR) is 84.6 cm³/mol. The Labute approximate surface area is 135 Å². The number of tetrazole rings is 1. The number of carbonyl (C=O) groups excluding carboxylic acids is 1. The van der Waals surface area contributed by atoms with E-state index in [4.69, 9.17) is 4.74 Å². The predicted octanol–water partition coefficient (Wildman–Crippen LogP) is 1.20. The van der Waals surface area contributed by atoms with E-state index in [1.54, 1.807) is 0 Å². The number of benzene rings is 1. The minimum absolute atomic E-state index is 0.0623. The average Bonchev–Trinajstić information content (AvgIpc) is 3.25. The number of hydrogen-bond acceptors (Lipinski definition) is 5. The van der Waals surface area contributed by atoms with Crippen molar-refractivity contribution >= 4 is 5.91 Å². The van der Waals surface area contributed by atoms with Gasteiger partial charge in [-0.15, -0.1) is 10.2 Å². The number of amides is 1. The van der Waals surface area contributed by atoms with Crippen LogP contribution in [0.2, 0.25) is 0 Å². The highest BCUT2D eigenvalue weighted by Crippen LogP contribution is 2.14.